The van der Waals surface area contributed by atoms with Gasteiger partial charge in [0.15, 0.2) is 0 Å². The van der Waals surface area contributed by atoms with E-state index in [9.17, 15) is 0 Å². The van der Waals surface area contributed by atoms with Crippen molar-refractivity contribution < 1.29 is 4.74 Å². The predicted molar refractivity (Wildman–Crippen MR) is 71.4 cm³/mol. The van der Waals surface area contributed by atoms with Gasteiger partial charge in [-0.1, -0.05) is 13.8 Å². The Morgan fingerprint density at radius 3 is 2.88 bits per heavy atom. The molecule has 4 nitrogen and oxygen atoms in total. The number of aryl methyl sites for hydroxylation is 1. The summed E-state index contributed by atoms with van der Waals surface area (Å²) in [5.41, 5.74) is 7.99. The van der Waals surface area contributed by atoms with E-state index in [1.807, 2.05) is 11.7 Å². The molecule has 2 N–H and O–H groups in total. The summed E-state index contributed by atoms with van der Waals surface area (Å²) in [6, 6.07) is 0. The number of ether oxygens (including phenoxy) is 1. The maximum atomic E-state index is 6.14. The van der Waals surface area contributed by atoms with Crippen molar-refractivity contribution in [1.29, 1.82) is 0 Å². The van der Waals surface area contributed by atoms with Crippen LogP contribution in [0.2, 0.25) is 0 Å². The molecular formula is C12H21N3OS. The summed E-state index contributed by atoms with van der Waals surface area (Å²) in [4.78, 5) is 0. The number of hydrogen-bond acceptors (Lipinski definition) is 4. The Balaban J connectivity index is 2.04. The molecular weight excluding hydrogens is 234 g/mol. The van der Waals surface area contributed by atoms with Gasteiger partial charge in [-0.2, -0.15) is 5.10 Å². The molecule has 96 valence electrons. The van der Waals surface area contributed by atoms with Gasteiger partial charge in [-0.05, 0) is 18.8 Å². The summed E-state index contributed by atoms with van der Waals surface area (Å²) in [6.45, 7) is 5.14. The predicted octanol–water partition coefficient (Wildman–Crippen LogP) is 2.40. The van der Waals surface area contributed by atoms with Crippen molar-refractivity contribution in [2.45, 2.75) is 43.7 Å². The topological polar surface area (TPSA) is 53.1 Å². The molecule has 0 bridgehead atoms. The first-order valence-electron chi connectivity index (χ1n) is 6.16. The summed E-state index contributed by atoms with van der Waals surface area (Å²) in [7, 11) is 1.96. The van der Waals surface area contributed by atoms with Crippen molar-refractivity contribution in [3.8, 4) is 0 Å². The third kappa shape index (κ3) is 2.77. The largest absolute Gasteiger partial charge is 0.395 e. The molecule has 2 rings (SSSR count). The SMILES string of the molecule is CC(C)c1nn(C)c(SCC2CCCO2)c1N. The van der Waals surface area contributed by atoms with E-state index in [1.54, 1.807) is 11.8 Å². The molecule has 1 aromatic heterocycles. The molecule has 1 saturated heterocycles. The van der Waals surface area contributed by atoms with Crippen LogP contribution in [0.25, 0.3) is 0 Å². The molecule has 17 heavy (non-hydrogen) atoms. The van der Waals surface area contributed by atoms with Crippen LogP contribution < -0.4 is 5.73 Å². The maximum absolute atomic E-state index is 6.14. The Morgan fingerprint density at radius 1 is 1.59 bits per heavy atom. The van der Waals surface area contributed by atoms with Crippen molar-refractivity contribution in [2.24, 2.45) is 7.05 Å². The quantitative estimate of drug-likeness (QED) is 0.839. The van der Waals surface area contributed by atoms with Gasteiger partial charge >= 0.3 is 0 Å². The lowest BCUT2D eigenvalue weighted by molar-refractivity contribution is 0.129. The molecule has 5 heteroatoms. The second-order valence-corrected chi connectivity index (χ2v) is 5.84. The third-order valence-corrected chi connectivity index (χ3v) is 4.33. The van der Waals surface area contributed by atoms with Crippen molar-refractivity contribution >= 4 is 17.4 Å². The number of thioether (sulfide) groups is 1. The highest BCUT2D eigenvalue weighted by Crippen LogP contribution is 2.32. The van der Waals surface area contributed by atoms with Gasteiger partial charge in [0.05, 0.1) is 17.5 Å². The molecule has 0 aromatic carbocycles. The lowest BCUT2D eigenvalue weighted by atomic mass is 10.1. The zero-order valence-electron chi connectivity index (χ0n) is 10.8. The number of anilines is 1. The molecule has 1 atom stereocenters. The number of rotatable bonds is 4. The average molecular weight is 255 g/mol. The lowest BCUT2D eigenvalue weighted by Gasteiger charge is -2.09. The Kier molecular flexibility index (Phi) is 3.99. The minimum absolute atomic E-state index is 0.373. The fourth-order valence-electron chi connectivity index (χ4n) is 2.09. The molecule has 0 radical (unpaired) electrons. The van der Waals surface area contributed by atoms with Gasteiger partial charge in [0.1, 0.15) is 5.03 Å². The van der Waals surface area contributed by atoms with E-state index in [4.69, 9.17) is 10.5 Å². The highest BCUT2D eigenvalue weighted by atomic mass is 32.2. The lowest BCUT2D eigenvalue weighted by Crippen LogP contribution is -2.08. The summed E-state index contributed by atoms with van der Waals surface area (Å²) in [6.07, 6.45) is 2.74. The monoisotopic (exact) mass is 255 g/mol. The smallest absolute Gasteiger partial charge is 0.117 e. The van der Waals surface area contributed by atoms with Crippen LogP contribution >= 0.6 is 11.8 Å². The van der Waals surface area contributed by atoms with Crippen LogP contribution in [0.1, 0.15) is 38.3 Å². The van der Waals surface area contributed by atoms with Gasteiger partial charge in [0.25, 0.3) is 0 Å². The number of hydrogen-bond donors (Lipinski definition) is 1. The second kappa shape index (κ2) is 5.31. The molecule has 0 spiro atoms. The van der Waals surface area contributed by atoms with Crippen molar-refractivity contribution in [3.63, 3.8) is 0 Å². The zero-order chi connectivity index (χ0) is 12.4. The molecule has 1 aliphatic heterocycles. The van der Waals surface area contributed by atoms with Crippen LogP contribution in [0.3, 0.4) is 0 Å². The molecule has 0 aliphatic carbocycles. The molecule has 0 amide bonds. The summed E-state index contributed by atoms with van der Waals surface area (Å²) >= 11 is 1.76. The van der Waals surface area contributed by atoms with E-state index < -0.39 is 0 Å². The van der Waals surface area contributed by atoms with Crippen molar-refractivity contribution in [2.75, 3.05) is 18.1 Å². The summed E-state index contributed by atoms with van der Waals surface area (Å²) in [5.74, 6) is 1.35. The van der Waals surface area contributed by atoms with Crippen LogP contribution in [0.4, 0.5) is 5.69 Å². The van der Waals surface area contributed by atoms with Gasteiger partial charge < -0.3 is 10.5 Å². The highest BCUT2D eigenvalue weighted by molar-refractivity contribution is 7.99. The zero-order valence-corrected chi connectivity index (χ0v) is 11.6. The van der Waals surface area contributed by atoms with Crippen LogP contribution in [-0.2, 0) is 11.8 Å². The van der Waals surface area contributed by atoms with Gasteiger partial charge in [0, 0.05) is 19.4 Å². The highest BCUT2D eigenvalue weighted by Gasteiger charge is 2.20. The maximum Gasteiger partial charge on any atom is 0.117 e. The molecule has 1 unspecified atom stereocenters. The molecule has 1 aromatic rings. The van der Waals surface area contributed by atoms with E-state index >= 15 is 0 Å². The van der Waals surface area contributed by atoms with Crippen LogP contribution in [0.15, 0.2) is 5.03 Å². The Bertz CT molecular complexity index is 383. The minimum atomic E-state index is 0.373. The van der Waals surface area contributed by atoms with Crippen molar-refractivity contribution in [3.05, 3.63) is 5.69 Å². The Hall–Kier alpha value is -0.680. The van der Waals surface area contributed by atoms with Crippen LogP contribution in [-0.4, -0.2) is 28.2 Å². The second-order valence-electron chi connectivity index (χ2n) is 4.83. The van der Waals surface area contributed by atoms with Gasteiger partial charge in [-0.25, -0.2) is 0 Å². The Labute approximate surface area is 107 Å². The minimum Gasteiger partial charge on any atom is -0.395 e. The average Bonchev–Trinajstić information content (AvgIpc) is 2.86. The third-order valence-electron chi connectivity index (χ3n) is 3.03. The standard InChI is InChI=1S/C12H21N3OS/c1-8(2)11-10(13)12(15(3)14-11)17-7-9-5-4-6-16-9/h8-9H,4-7,13H2,1-3H3. The summed E-state index contributed by atoms with van der Waals surface area (Å²) in [5, 5.41) is 5.56. The van der Waals surface area contributed by atoms with Gasteiger partial charge in [-0.3, -0.25) is 4.68 Å². The molecule has 2 heterocycles. The first-order valence-corrected chi connectivity index (χ1v) is 7.15. The number of nitrogen functional groups attached to an aromatic ring is 1. The number of nitrogens with two attached hydrogens (primary N) is 1. The van der Waals surface area contributed by atoms with E-state index in [1.165, 1.54) is 12.8 Å². The number of nitrogens with zero attached hydrogens (tertiary/aromatic N) is 2. The molecule has 0 saturated carbocycles. The fourth-order valence-corrected chi connectivity index (χ4v) is 3.18. The molecule has 1 aliphatic rings. The fraction of sp³-hybridized carbons (Fsp3) is 0.750. The van der Waals surface area contributed by atoms with E-state index in [0.29, 0.717) is 12.0 Å². The first-order chi connectivity index (χ1) is 8.09. The Morgan fingerprint density at radius 2 is 2.35 bits per heavy atom. The first kappa shape index (κ1) is 12.8. The van der Waals surface area contributed by atoms with E-state index in [2.05, 4.69) is 18.9 Å². The molecule has 1 fully saturated rings. The van der Waals surface area contributed by atoms with Crippen LogP contribution in [0.5, 0.6) is 0 Å². The number of aromatic nitrogens is 2. The summed E-state index contributed by atoms with van der Waals surface area (Å²) < 4.78 is 7.51. The van der Waals surface area contributed by atoms with E-state index in [0.717, 1.165) is 28.8 Å². The van der Waals surface area contributed by atoms with E-state index in [-0.39, 0.29) is 0 Å². The van der Waals surface area contributed by atoms with Gasteiger partial charge in [0.2, 0.25) is 0 Å². The van der Waals surface area contributed by atoms with Gasteiger partial charge in [-0.15, -0.1) is 11.8 Å². The van der Waals surface area contributed by atoms with Crippen LogP contribution in [0, 0.1) is 0 Å². The normalized spacial score (nSPS) is 20.4. The van der Waals surface area contributed by atoms with Crippen molar-refractivity contribution in [1.82, 2.24) is 9.78 Å².